The maximum atomic E-state index is 13.1. The molecule has 2 aromatic rings. The van der Waals surface area contributed by atoms with Gasteiger partial charge in [-0.2, -0.15) is 0 Å². The van der Waals surface area contributed by atoms with Gasteiger partial charge < -0.3 is 15.5 Å². The van der Waals surface area contributed by atoms with Crippen molar-refractivity contribution in [1.82, 2.24) is 5.32 Å². The van der Waals surface area contributed by atoms with E-state index in [0.29, 0.717) is 17.3 Å². The quantitative estimate of drug-likeness (QED) is 0.637. The third-order valence-corrected chi connectivity index (χ3v) is 4.30. The van der Waals surface area contributed by atoms with E-state index in [2.05, 4.69) is 39.8 Å². The molecule has 0 aromatic heterocycles. The minimum Gasteiger partial charge on any atom is -0.371 e. The highest BCUT2D eigenvalue weighted by molar-refractivity contribution is 7.80. The fraction of sp³-hybridized carbons (Fsp3) is 0.278. The predicted octanol–water partition coefficient (Wildman–Crippen LogP) is 3.70. The molecule has 1 aliphatic rings. The van der Waals surface area contributed by atoms with Gasteiger partial charge in [0.1, 0.15) is 0 Å². The highest BCUT2D eigenvalue weighted by atomic mass is 32.1. The van der Waals surface area contributed by atoms with Gasteiger partial charge in [-0.15, -0.1) is 0 Å². The van der Waals surface area contributed by atoms with E-state index in [4.69, 9.17) is 12.2 Å². The van der Waals surface area contributed by atoms with E-state index in [-0.39, 0.29) is 0 Å². The van der Waals surface area contributed by atoms with Crippen molar-refractivity contribution in [3.8, 4) is 0 Å². The molecule has 0 saturated heterocycles. The SMILES string of the molecule is Fc1ccc(NC(=S)NCCCN2CCc3ccccc32)cc1F. The minimum absolute atomic E-state index is 0.405. The summed E-state index contributed by atoms with van der Waals surface area (Å²) in [5, 5.41) is 6.35. The standard InChI is InChI=1S/C18H19F2N3S/c19-15-7-6-14(12-16(15)20)22-18(24)21-9-3-10-23-11-8-13-4-1-2-5-17(13)23/h1-2,4-7,12H,3,8-11H2,(H2,21,22,24). The van der Waals surface area contributed by atoms with E-state index in [9.17, 15) is 8.78 Å². The topological polar surface area (TPSA) is 27.3 Å². The number of hydrogen-bond acceptors (Lipinski definition) is 2. The van der Waals surface area contributed by atoms with Crippen LogP contribution in [0, 0.1) is 11.6 Å². The fourth-order valence-electron chi connectivity index (χ4n) is 2.86. The second-order valence-corrected chi connectivity index (χ2v) is 6.14. The Morgan fingerprint density at radius 1 is 1.12 bits per heavy atom. The molecular formula is C18H19F2N3S. The molecule has 0 radical (unpaired) electrons. The van der Waals surface area contributed by atoms with Crippen molar-refractivity contribution in [2.75, 3.05) is 29.9 Å². The second kappa shape index (κ2) is 7.57. The molecule has 2 aromatic carbocycles. The van der Waals surface area contributed by atoms with Gasteiger partial charge >= 0.3 is 0 Å². The highest BCUT2D eigenvalue weighted by Gasteiger charge is 2.17. The van der Waals surface area contributed by atoms with Crippen LogP contribution in [0.15, 0.2) is 42.5 Å². The fourth-order valence-corrected chi connectivity index (χ4v) is 3.08. The Balaban J connectivity index is 1.40. The van der Waals surface area contributed by atoms with Crippen LogP contribution in [0.25, 0.3) is 0 Å². The van der Waals surface area contributed by atoms with Gasteiger partial charge in [0.2, 0.25) is 0 Å². The number of nitrogens with zero attached hydrogens (tertiary/aromatic N) is 1. The van der Waals surface area contributed by atoms with Gasteiger partial charge in [0.25, 0.3) is 0 Å². The molecule has 1 heterocycles. The van der Waals surface area contributed by atoms with Crippen LogP contribution < -0.4 is 15.5 Å². The van der Waals surface area contributed by atoms with Crippen LogP contribution in [-0.2, 0) is 6.42 Å². The minimum atomic E-state index is -0.893. The monoisotopic (exact) mass is 347 g/mol. The van der Waals surface area contributed by atoms with Crippen LogP contribution in [0.5, 0.6) is 0 Å². The number of halogens is 2. The Morgan fingerprint density at radius 2 is 1.96 bits per heavy atom. The average molecular weight is 347 g/mol. The lowest BCUT2D eigenvalue weighted by Crippen LogP contribution is -2.32. The first-order valence-corrected chi connectivity index (χ1v) is 8.37. The van der Waals surface area contributed by atoms with E-state index < -0.39 is 11.6 Å². The van der Waals surface area contributed by atoms with Crippen LogP contribution in [0.1, 0.15) is 12.0 Å². The summed E-state index contributed by atoms with van der Waals surface area (Å²) in [5.74, 6) is -1.76. The first kappa shape index (κ1) is 16.6. The van der Waals surface area contributed by atoms with Crippen LogP contribution >= 0.6 is 12.2 Å². The molecule has 0 fully saturated rings. The van der Waals surface area contributed by atoms with Crippen LogP contribution in [0.4, 0.5) is 20.2 Å². The summed E-state index contributed by atoms with van der Waals surface area (Å²) in [7, 11) is 0. The highest BCUT2D eigenvalue weighted by Crippen LogP contribution is 2.27. The number of nitrogens with one attached hydrogen (secondary N) is 2. The summed E-state index contributed by atoms with van der Waals surface area (Å²) in [4.78, 5) is 2.38. The average Bonchev–Trinajstić information content (AvgIpc) is 2.98. The molecule has 126 valence electrons. The molecule has 0 amide bonds. The molecule has 24 heavy (non-hydrogen) atoms. The van der Waals surface area contributed by atoms with Gasteiger partial charge in [0.15, 0.2) is 16.7 Å². The molecule has 0 bridgehead atoms. The number of benzene rings is 2. The lowest BCUT2D eigenvalue weighted by molar-refractivity contribution is 0.509. The second-order valence-electron chi connectivity index (χ2n) is 5.73. The van der Waals surface area contributed by atoms with Crippen LogP contribution in [0.3, 0.4) is 0 Å². The van der Waals surface area contributed by atoms with Crippen molar-refractivity contribution in [2.45, 2.75) is 12.8 Å². The summed E-state index contributed by atoms with van der Waals surface area (Å²) in [5.41, 5.74) is 3.15. The molecule has 0 unspecified atom stereocenters. The normalized spacial score (nSPS) is 12.8. The van der Waals surface area contributed by atoms with Crippen molar-refractivity contribution in [3.63, 3.8) is 0 Å². The first-order chi connectivity index (χ1) is 11.6. The molecule has 1 aliphatic heterocycles. The molecule has 0 spiro atoms. The molecule has 3 rings (SSSR count). The number of rotatable bonds is 5. The van der Waals surface area contributed by atoms with E-state index in [1.165, 1.54) is 17.3 Å². The van der Waals surface area contributed by atoms with Gasteiger partial charge in [-0.05, 0) is 48.8 Å². The molecule has 0 aliphatic carbocycles. The zero-order chi connectivity index (χ0) is 16.9. The zero-order valence-corrected chi connectivity index (χ0v) is 14.0. The predicted molar refractivity (Wildman–Crippen MR) is 97.6 cm³/mol. The van der Waals surface area contributed by atoms with Crippen molar-refractivity contribution < 1.29 is 8.78 Å². The summed E-state index contributed by atoms with van der Waals surface area (Å²) in [6.07, 6.45) is 2.04. The third-order valence-electron chi connectivity index (χ3n) is 4.05. The van der Waals surface area contributed by atoms with E-state index in [1.54, 1.807) is 0 Å². The largest absolute Gasteiger partial charge is 0.371 e. The van der Waals surface area contributed by atoms with E-state index in [1.807, 2.05) is 0 Å². The maximum absolute atomic E-state index is 13.1. The summed E-state index contributed by atoms with van der Waals surface area (Å²) < 4.78 is 26.0. The van der Waals surface area contributed by atoms with Crippen molar-refractivity contribution in [1.29, 1.82) is 0 Å². The molecule has 0 atom stereocenters. The van der Waals surface area contributed by atoms with Gasteiger partial charge in [-0.25, -0.2) is 8.78 Å². The van der Waals surface area contributed by atoms with Crippen LogP contribution in [0.2, 0.25) is 0 Å². The molecule has 2 N–H and O–H groups in total. The number of thiocarbonyl (C=S) groups is 1. The van der Waals surface area contributed by atoms with E-state index in [0.717, 1.165) is 38.1 Å². The Morgan fingerprint density at radius 3 is 2.79 bits per heavy atom. The maximum Gasteiger partial charge on any atom is 0.170 e. The molecule has 3 nitrogen and oxygen atoms in total. The number of para-hydroxylation sites is 1. The summed E-state index contributed by atoms with van der Waals surface area (Å²) in [6, 6.07) is 12.1. The molecule has 6 heteroatoms. The van der Waals surface area contributed by atoms with Crippen molar-refractivity contribution >= 4 is 28.7 Å². The first-order valence-electron chi connectivity index (χ1n) is 7.96. The molecule has 0 saturated carbocycles. The van der Waals surface area contributed by atoms with Gasteiger partial charge in [-0.1, -0.05) is 18.2 Å². The Hall–Kier alpha value is -2.21. The zero-order valence-electron chi connectivity index (χ0n) is 13.2. The van der Waals surface area contributed by atoms with Crippen molar-refractivity contribution in [2.24, 2.45) is 0 Å². The Labute approximate surface area is 145 Å². The van der Waals surface area contributed by atoms with Crippen LogP contribution in [-0.4, -0.2) is 24.7 Å². The lowest BCUT2D eigenvalue weighted by Gasteiger charge is -2.19. The van der Waals surface area contributed by atoms with Crippen molar-refractivity contribution in [3.05, 3.63) is 59.7 Å². The summed E-state index contributed by atoms with van der Waals surface area (Å²) >= 11 is 5.17. The lowest BCUT2D eigenvalue weighted by atomic mass is 10.2. The smallest absolute Gasteiger partial charge is 0.170 e. The Kier molecular flexibility index (Phi) is 5.25. The number of fused-ring (bicyclic) bond motifs is 1. The number of hydrogen-bond donors (Lipinski definition) is 2. The summed E-state index contributed by atoms with van der Waals surface area (Å²) in [6.45, 7) is 2.73. The third kappa shape index (κ3) is 4.00. The number of anilines is 2. The van der Waals surface area contributed by atoms with Gasteiger partial charge in [0, 0.05) is 37.1 Å². The van der Waals surface area contributed by atoms with E-state index >= 15 is 0 Å². The van der Waals surface area contributed by atoms with Gasteiger partial charge in [-0.3, -0.25) is 0 Å². The molecular weight excluding hydrogens is 328 g/mol. The Bertz CT molecular complexity index is 736. The van der Waals surface area contributed by atoms with Gasteiger partial charge in [0.05, 0.1) is 0 Å².